The Hall–Kier alpha value is -3.92. The van der Waals surface area contributed by atoms with Gasteiger partial charge in [0, 0.05) is 0 Å². The Morgan fingerprint density at radius 1 is 0.406 bits per heavy atom. The molecule has 8 rings (SSSR count). The molecule has 156 valence electrons. The van der Waals surface area contributed by atoms with Gasteiger partial charge in [-0.1, -0.05) is 60.7 Å². The second-order valence-corrected chi connectivity index (χ2v) is 8.00. The average Bonchev–Trinajstić information content (AvgIpc) is 2.84. The van der Waals surface area contributed by atoms with Crippen molar-refractivity contribution in [3.05, 3.63) is 119 Å². The zero-order valence-electron chi connectivity index (χ0n) is 17.9. The number of hydrogen-bond acceptors (Lipinski definition) is 4. The van der Waals surface area contributed by atoms with Crippen molar-refractivity contribution in [1.29, 1.82) is 0 Å². The lowest BCUT2D eigenvalue weighted by atomic mass is 9.94. The van der Waals surface area contributed by atoms with E-state index in [1.54, 1.807) is 0 Å². The number of hydrogen-bond donors (Lipinski definition) is 0. The van der Waals surface area contributed by atoms with Crippen molar-refractivity contribution in [2.45, 2.75) is 25.7 Å². The van der Waals surface area contributed by atoms with Gasteiger partial charge in [0.15, 0.2) is 0 Å². The fraction of sp³-hybridized carbons (Fsp3) is 0.143. The van der Waals surface area contributed by atoms with Crippen molar-refractivity contribution < 1.29 is 0 Å². The first-order valence-electron chi connectivity index (χ1n) is 11.0. The maximum absolute atomic E-state index is 4.61. The summed E-state index contributed by atoms with van der Waals surface area (Å²) < 4.78 is 0. The Morgan fingerprint density at radius 3 is 1.28 bits per heavy atom. The Labute approximate surface area is 188 Å². The van der Waals surface area contributed by atoms with Crippen LogP contribution < -0.4 is 0 Å². The number of rotatable bonds is 4. The minimum Gasteiger partial charge on any atom is -0.151 e. The van der Waals surface area contributed by atoms with Crippen LogP contribution in [0.5, 0.6) is 0 Å². The molecule has 4 nitrogen and oxygen atoms in total. The molecule has 0 aromatic heterocycles. The highest BCUT2D eigenvalue weighted by molar-refractivity contribution is 5.53. The van der Waals surface area contributed by atoms with Gasteiger partial charge in [-0.25, -0.2) is 0 Å². The molecule has 0 saturated heterocycles. The fourth-order valence-electron chi connectivity index (χ4n) is 3.91. The Bertz CT molecular complexity index is 1160. The summed E-state index contributed by atoms with van der Waals surface area (Å²) in [4.78, 5) is 0. The van der Waals surface area contributed by atoms with Gasteiger partial charge >= 0.3 is 0 Å². The SMILES string of the molecule is c1ccc(N=Nc2cc3ccc2CCc2ccc(cc2N=Nc2ccccc2)CC3)cc1. The van der Waals surface area contributed by atoms with Crippen LogP contribution in [-0.2, 0) is 25.7 Å². The molecule has 4 bridgehead atoms. The van der Waals surface area contributed by atoms with Crippen molar-refractivity contribution >= 4 is 22.7 Å². The molecule has 0 unspecified atom stereocenters. The predicted molar refractivity (Wildman–Crippen MR) is 129 cm³/mol. The summed E-state index contributed by atoms with van der Waals surface area (Å²) in [7, 11) is 0. The van der Waals surface area contributed by atoms with Gasteiger partial charge < -0.3 is 0 Å². The number of nitrogens with zero attached hydrogens (tertiary/aromatic N) is 4. The maximum atomic E-state index is 4.61. The minimum atomic E-state index is 0.864. The van der Waals surface area contributed by atoms with Crippen LogP contribution in [0, 0.1) is 0 Å². The lowest BCUT2D eigenvalue weighted by Gasteiger charge is -2.13. The molecule has 0 spiro atoms. The lowest BCUT2D eigenvalue weighted by molar-refractivity contribution is 0.915. The van der Waals surface area contributed by atoms with Gasteiger partial charge in [-0.2, -0.15) is 20.5 Å². The normalized spacial score (nSPS) is 13.5. The van der Waals surface area contributed by atoms with E-state index in [9.17, 15) is 0 Å². The fourth-order valence-corrected chi connectivity index (χ4v) is 3.91. The van der Waals surface area contributed by atoms with Crippen molar-refractivity contribution in [3.63, 3.8) is 0 Å². The molecule has 32 heavy (non-hydrogen) atoms. The van der Waals surface area contributed by atoms with E-state index < -0.39 is 0 Å². The van der Waals surface area contributed by atoms with E-state index in [0.717, 1.165) is 48.4 Å². The predicted octanol–water partition coefficient (Wildman–Crippen LogP) is 8.40. The van der Waals surface area contributed by atoms with Crippen LogP contribution in [-0.4, -0.2) is 0 Å². The number of azo groups is 2. The molecule has 0 N–H and O–H groups in total. The first-order chi connectivity index (χ1) is 15.8. The molecule has 0 amide bonds. The summed E-state index contributed by atoms with van der Waals surface area (Å²) in [5, 5.41) is 18.1. The van der Waals surface area contributed by atoms with Crippen LogP contribution in [0.3, 0.4) is 0 Å². The van der Waals surface area contributed by atoms with Crippen molar-refractivity contribution in [1.82, 2.24) is 0 Å². The van der Waals surface area contributed by atoms with E-state index in [-0.39, 0.29) is 0 Å². The summed E-state index contributed by atoms with van der Waals surface area (Å²) in [6, 6.07) is 33.0. The molecule has 0 atom stereocenters. The van der Waals surface area contributed by atoms with Crippen LogP contribution in [0.4, 0.5) is 22.7 Å². The first-order valence-corrected chi connectivity index (χ1v) is 11.0. The monoisotopic (exact) mass is 416 g/mol. The molecular weight excluding hydrogens is 392 g/mol. The second-order valence-electron chi connectivity index (χ2n) is 8.00. The second kappa shape index (κ2) is 9.48. The minimum absolute atomic E-state index is 0.864. The molecule has 4 aromatic carbocycles. The van der Waals surface area contributed by atoms with E-state index in [2.05, 4.69) is 56.9 Å². The number of benzene rings is 4. The van der Waals surface area contributed by atoms with Gasteiger partial charge in [-0.05, 0) is 84.3 Å². The van der Waals surface area contributed by atoms with Gasteiger partial charge in [0.2, 0.25) is 0 Å². The van der Waals surface area contributed by atoms with E-state index >= 15 is 0 Å². The molecule has 4 heteroatoms. The third kappa shape index (κ3) is 4.86. The highest BCUT2D eigenvalue weighted by Gasteiger charge is 2.11. The highest BCUT2D eigenvalue weighted by atomic mass is 15.1. The van der Waals surface area contributed by atoms with Crippen LogP contribution in [0.15, 0.2) is 118 Å². The highest BCUT2D eigenvalue weighted by Crippen LogP contribution is 2.30. The molecule has 4 aliphatic rings. The van der Waals surface area contributed by atoms with Crippen molar-refractivity contribution in [3.8, 4) is 0 Å². The van der Waals surface area contributed by atoms with Crippen molar-refractivity contribution in [2.24, 2.45) is 20.5 Å². The Balaban J connectivity index is 1.45. The van der Waals surface area contributed by atoms with Gasteiger partial charge in [-0.3, -0.25) is 0 Å². The standard InChI is InChI=1S/C28H24N4/c1-3-7-25(8-4-1)29-31-27-19-21-11-12-22-14-16-24(18-17-23(27)15-13-21)28(20-22)32-30-26-9-5-2-6-10-26/h1-10,13-16,19-20H,11-12,17-18H2. The molecule has 0 fully saturated rings. The van der Waals surface area contributed by atoms with E-state index in [1.165, 1.54) is 22.3 Å². The molecular formula is C28H24N4. The summed E-state index contributed by atoms with van der Waals surface area (Å²) in [5.41, 5.74) is 8.57. The Morgan fingerprint density at radius 2 is 0.844 bits per heavy atom. The summed E-state index contributed by atoms with van der Waals surface area (Å²) in [6.45, 7) is 0. The van der Waals surface area contributed by atoms with Gasteiger partial charge in [0.1, 0.15) is 0 Å². The smallest absolute Gasteiger partial charge is 0.0891 e. The van der Waals surface area contributed by atoms with E-state index in [4.69, 9.17) is 0 Å². The third-order valence-corrected chi connectivity index (χ3v) is 5.72. The molecule has 0 radical (unpaired) electrons. The molecule has 0 aliphatic heterocycles. The largest absolute Gasteiger partial charge is 0.151 e. The quantitative estimate of drug-likeness (QED) is 0.300. The molecule has 4 aliphatic carbocycles. The molecule has 0 saturated carbocycles. The van der Waals surface area contributed by atoms with Gasteiger partial charge in [0.05, 0.1) is 22.7 Å². The van der Waals surface area contributed by atoms with Crippen LogP contribution in [0.1, 0.15) is 22.3 Å². The maximum Gasteiger partial charge on any atom is 0.0891 e. The Kier molecular flexibility index (Phi) is 5.93. The topological polar surface area (TPSA) is 49.4 Å². The van der Waals surface area contributed by atoms with Gasteiger partial charge in [0.25, 0.3) is 0 Å². The summed E-state index contributed by atoms with van der Waals surface area (Å²) in [6.07, 6.45) is 3.64. The van der Waals surface area contributed by atoms with Crippen LogP contribution in [0.25, 0.3) is 0 Å². The summed E-state index contributed by atoms with van der Waals surface area (Å²) in [5.74, 6) is 0. The lowest BCUT2D eigenvalue weighted by Crippen LogP contribution is -1.99. The molecule has 0 heterocycles. The van der Waals surface area contributed by atoms with Crippen LogP contribution in [0.2, 0.25) is 0 Å². The third-order valence-electron chi connectivity index (χ3n) is 5.72. The summed E-state index contributed by atoms with van der Waals surface area (Å²) >= 11 is 0. The van der Waals surface area contributed by atoms with Crippen molar-refractivity contribution in [2.75, 3.05) is 0 Å². The number of aryl methyl sites for hydroxylation is 4. The van der Waals surface area contributed by atoms with E-state index in [0.29, 0.717) is 0 Å². The average molecular weight is 417 g/mol. The van der Waals surface area contributed by atoms with E-state index in [1.807, 2.05) is 60.7 Å². The zero-order valence-corrected chi connectivity index (χ0v) is 17.9. The van der Waals surface area contributed by atoms with Crippen LogP contribution >= 0.6 is 0 Å². The zero-order chi connectivity index (χ0) is 21.6. The first kappa shape index (κ1) is 20.0. The van der Waals surface area contributed by atoms with Gasteiger partial charge in [-0.15, -0.1) is 0 Å². The molecule has 4 aromatic rings.